The van der Waals surface area contributed by atoms with E-state index in [1.807, 2.05) is 60.7 Å². The van der Waals surface area contributed by atoms with E-state index in [-0.39, 0.29) is 11.9 Å². The van der Waals surface area contributed by atoms with Crippen LogP contribution in [0.1, 0.15) is 54.9 Å². The van der Waals surface area contributed by atoms with Crippen molar-refractivity contribution in [3.63, 3.8) is 0 Å². The summed E-state index contributed by atoms with van der Waals surface area (Å²) in [6.07, 6.45) is 6.16. The SMILES string of the molecule is C[C@H](C1CCCCC1)N(OCc1ccccc1)C(=O)c1ccccc1. The largest absolute Gasteiger partial charge is 0.277 e. The Bertz CT molecular complexity index is 650. The van der Waals surface area contributed by atoms with E-state index in [9.17, 15) is 4.79 Å². The number of hydrogen-bond acceptors (Lipinski definition) is 2. The predicted octanol–water partition coefficient (Wildman–Crippen LogP) is 5.23. The third kappa shape index (κ3) is 4.70. The zero-order valence-electron chi connectivity index (χ0n) is 14.9. The Morgan fingerprint density at radius 3 is 2.24 bits per heavy atom. The smallest absolute Gasteiger partial charge is 0.267 e. The van der Waals surface area contributed by atoms with Crippen molar-refractivity contribution in [2.24, 2.45) is 5.92 Å². The number of benzene rings is 2. The summed E-state index contributed by atoms with van der Waals surface area (Å²) < 4.78 is 0. The van der Waals surface area contributed by atoms with Crippen LogP contribution in [-0.2, 0) is 11.4 Å². The molecule has 1 aliphatic rings. The lowest BCUT2D eigenvalue weighted by atomic mass is 9.84. The molecule has 1 fully saturated rings. The van der Waals surface area contributed by atoms with Gasteiger partial charge in [0.15, 0.2) is 0 Å². The van der Waals surface area contributed by atoms with Crippen molar-refractivity contribution in [2.75, 3.05) is 0 Å². The maximum atomic E-state index is 13.1. The molecule has 0 bridgehead atoms. The van der Waals surface area contributed by atoms with E-state index in [0.717, 1.165) is 5.56 Å². The van der Waals surface area contributed by atoms with Crippen LogP contribution < -0.4 is 0 Å². The Hall–Kier alpha value is -2.13. The van der Waals surface area contributed by atoms with Gasteiger partial charge >= 0.3 is 0 Å². The molecule has 3 rings (SSSR count). The van der Waals surface area contributed by atoms with Gasteiger partial charge in [-0.05, 0) is 43.4 Å². The average molecular weight is 337 g/mol. The van der Waals surface area contributed by atoms with Crippen molar-refractivity contribution in [3.05, 3.63) is 71.8 Å². The maximum Gasteiger partial charge on any atom is 0.277 e. The molecule has 0 spiro atoms. The predicted molar refractivity (Wildman–Crippen MR) is 99.9 cm³/mol. The van der Waals surface area contributed by atoms with Crippen LogP contribution in [0, 0.1) is 5.92 Å². The van der Waals surface area contributed by atoms with Gasteiger partial charge in [-0.2, -0.15) is 0 Å². The number of hydroxylamine groups is 2. The second-order valence-corrected chi connectivity index (χ2v) is 6.89. The van der Waals surface area contributed by atoms with Gasteiger partial charge in [0.05, 0.1) is 6.04 Å². The number of hydrogen-bond donors (Lipinski definition) is 0. The molecule has 0 saturated heterocycles. The summed E-state index contributed by atoms with van der Waals surface area (Å²) in [6, 6.07) is 19.5. The highest BCUT2D eigenvalue weighted by Gasteiger charge is 2.30. The van der Waals surface area contributed by atoms with Gasteiger partial charge in [0, 0.05) is 5.56 Å². The van der Waals surface area contributed by atoms with Crippen LogP contribution in [-0.4, -0.2) is 17.0 Å². The first kappa shape index (κ1) is 17.7. The molecule has 0 aliphatic heterocycles. The Morgan fingerprint density at radius 1 is 1.00 bits per heavy atom. The minimum absolute atomic E-state index is 0.0467. The molecule has 0 aromatic heterocycles. The van der Waals surface area contributed by atoms with Crippen molar-refractivity contribution >= 4 is 5.91 Å². The topological polar surface area (TPSA) is 29.5 Å². The first-order valence-corrected chi connectivity index (χ1v) is 9.31. The number of amides is 1. The van der Waals surface area contributed by atoms with Crippen LogP contribution in [0.15, 0.2) is 60.7 Å². The molecular formula is C22H27NO2. The first-order chi connectivity index (χ1) is 12.3. The van der Waals surface area contributed by atoms with Gasteiger partial charge in [-0.3, -0.25) is 9.63 Å². The normalized spacial score (nSPS) is 16.4. The molecule has 0 unspecified atom stereocenters. The summed E-state index contributed by atoms with van der Waals surface area (Å²) in [5.41, 5.74) is 1.75. The minimum Gasteiger partial charge on any atom is -0.267 e. The zero-order chi connectivity index (χ0) is 17.5. The van der Waals surface area contributed by atoms with Gasteiger partial charge in [-0.15, -0.1) is 0 Å². The Kier molecular flexibility index (Phi) is 6.24. The number of rotatable bonds is 6. The van der Waals surface area contributed by atoms with Gasteiger partial charge < -0.3 is 0 Å². The lowest BCUT2D eigenvalue weighted by molar-refractivity contribution is -0.167. The van der Waals surface area contributed by atoms with Crippen LogP contribution >= 0.6 is 0 Å². The Balaban J connectivity index is 1.76. The third-order valence-corrected chi connectivity index (χ3v) is 5.14. The number of carbonyl (C=O) groups is 1. The van der Waals surface area contributed by atoms with Gasteiger partial charge in [0.2, 0.25) is 0 Å². The minimum atomic E-state index is -0.0467. The lowest BCUT2D eigenvalue weighted by Crippen LogP contribution is -2.43. The van der Waals surface area contributed by atoms with Gasteiger partial charge in [0.1, 0.15) is 6.61 Å². The van der Waals surface area contributed by atoms with E-state index in [1.165, 1.54) is 32.1 Å². The van der Waals surface area contributed by atoms with E-state index >= 15 is 0 Å². The molecule has 1 amide bonds. The van der Waals surface area contributed by atoms with Gasteiger partial charge in [-0.1, -0.05) is 67.8 Å². The first-order valence-electron chi connectivity index (χ1n) is 9.31. The van der Waals surface area contributed by atoms with Crippen molar-refractivity contribution in [3.8, 4) is 0 Å². The second-order valence-electron chi connectivity index (χ2n) is 6.89. The van der Waals surface area contributed by atoms with E-state index in [1.54, 1.807) is 5.06 Å². The fourth-order valence-corrected chi connectivity index (χ4v) is 3.60. The molecule has 25 heavy (non-hydrogen) atoms. The highest BCUT2D eigenvalue weighted by Crippen LogP contribution is 2.30. The highest BCUT2D eigenvalue weighted by atomic mass is 16.7. The second kappa shape index (κ2) is 8.82. The fourth-order valence-electron chi connectivity index (χ4n) is 3.60. The molecule has 0 radical (unpaired) electrons. The van der Waals surface area contributed by atoms with Crippen LogP contribution in [0.3, 0.4) is 0 Å². The molecular weight excluding hydrogens is 310 g/mol. The van der Waals surface area contributed by atoms with E-state index in [0.29, 0.717) is 18.1 Å². The summed E-state index contributed by atoms with van der Waals surface area (Å²) in [7, 11) is 0. The van der Waals surface area contributed by atoms with Crippen LogP contribution in [0.25, 0.3) is 0 Å². The monoisotopic (exact) mass is 337 g/mol. The molecule has 132 valence electrons. The molecule has 1 atom stereocenters. The van der Waals surface area contributed by atoms with E-state index in [2.05, 4.69) is 6.92 Å². The summed E-state index contributed by atoms with van der Waals surface area (Å²) in [5.74, 6) is 0.465. The molecule has 0 N–H and O–H groups in total. The van der Waals surface area contributed by atoms with Crippen molar-refractivity contribution < 1.29 is 9.63 Å². The summed E-state index contributed by atoms with van der Waals surface area (Å²) in [6.45, 7) is 2.54. The van der Waals surface area contributed by atoms with Crippen LogP contribution in [0.2, 0.25) is 0 Å². The Labute approximate surface area is 150 Å². The molecule has 0 heterocycles. The average Bonchev–Trinajstić information content (AvgIpc) is 2.70. The number of carbonyl (C=O) groups excluding carboxylic acids is 1. The van der Waals surface area contributed by atoms with Crippen molar-refractivity contribution in [2.45, 2.75) is 51.7 Å². The summed E-state index contributed by atoms with van der Waals surface area (Å²) in [4.78, 5) is 19.1. The Morgan fingerprint density at radius 2 is 1.60 bits per heavy atom. The summed E-state index contributed by atoms with van der Waals surface area (Å²) in [5, 5.41) is 1.62. The van der Waals surface area contributed by atoms with E-state index in [4.69, 9.17) is 4.84 Å². The van der Waals surface area contributed by atoms with E-state index < -0.39 is 0 Å². The van der Waals surface area contributed by atoms with Crippen LogP contribution in [0.5, 0.6) is 0 Å². The molecule has 3 heteroatoms. The number of nitrogens with zero attached hydrogens (tertiary/aromatic N) is 1. The third-order valence-electron chi connectivity index (χ3n) is 5.14. The quantitative estimate of drug-likeness (QED) is 0.676. The standard InChI is InChI=1S/C22H27NO2/c1-18(20-13-7-3-8-14-20)23(22(24)21-15-9-4-10-16-21)25-17-19-11-5-2-6-12-19/h2,4-6,9-12,15-16,18,20H,3,7-8,13-14,17H2,1H3/t18-/m1/s1. The van der Waals surface area contributed by atoms with Gasteiger partial charge in [0.25, 0.3) is 5.91 Å². The zero-order valence-corrected chi connectivity index (χ0v) is 14.9. The maximum absolute atomic E-state index is 13.1. The van der Waals surface area contributed by atoms with Crippen molar-refractivity contribution in [1.29, 1.82) is 0 Å². The highest BCUT2D eigenvalue weighted by molar-refractivity contribution is 5.93. The molecule has 2 aromatic rings. The van der Waals surface area contributed by atoms with Crippen molar-refractivity contribution in [1.82, 2.24) is 5.06 Å². The summed E-state index contributed by atoms with van der Waals surface area (Å²) >= 11 is 0. The molecule has 1 saturated carbocycles. The van der Waals surface area contributed by atoms with Crippen LogP contribution in [0.4, 0.5) is 0 Å². The fraction of sp³-hybridized carbons (Fsp3) is 0.409. The lowest BCUT2D eigenvalue weighted by Gasteiger charge is -2.35. The molecule has 1 aliphatic carbocycles. The molecule has 3 nitrogen and oxygen atoms in total. The van der Waals surface area contributed by atoms with Gasteiger partial charge in [-0.25, -0.2) is 5.06 Å². The molecule has 2 aromatic carbocycles.